The van der Waals surface area contributed by atoms with Crippen LogP contribution < -0.4 is 10.5 Å². The zero-order chi connectivity index (χ0) is 14.8. The molecule has 1 aromatic heterocycles. The molecule has 0 unspecified atom stereocenters. The van der Waals surface area contributed by atoms with Crippen LogP contribution in [0.4, 0.5) is 10.2 Å². The number of hydrogen-bond acceptors (Lipinski definition) is 4. The van der Waals surface area contributed by atoms with Gasteiger partial charge in [-0.3, -0.25) is 0 Å². The van der Waals surface area contributed by atoms with Crippen molar-refractivity contribution in [2.75, 3.05) is 12.8 Å². The zero-order valence-electron chi connectivity index (χ0n) is 12.0. The monoisotopic (exact) mass is 287 g/mol. The number of nitrogen functional groups attached to an aromatic ring is 1. The summed E-state index contributed by atoms with van der Waals surface area (Å²) >= 11 is 0. The molecular weight excluding hydrogens is 269 g/mol. The van der Waals surface area contributed by atoms with E-state index in [0.717, 1.165) is 36.9 Å². The Morgan fingerprint density at radius 1 is 1.14 bits per heavy atom. The number of fused-ring (bicyclic) bond motifs is 1. The Balaban J connectivity index is 2.07. The van der Waals surface area contributed by atoms with Crippen LogP contribution in [0.1, 0.15) is 30.5 Å². The molecule has 21 heavy (non-hydrogen) atoms. The van der Waals surface area contributed by atoms with Gasteiger partial charge in [0.2, 0.25) is 0 Å². The molecule has 110 valence electrons. The molecule has 0 fully saturated rings. The van der Waals surface area contributed by atoms with Crippen LogP contribution in [0, 0.1) is 5.82 Å². The van der Waals surface area contributed by atoms with Crippen LogP contribution in [-0.4, -0.2) is 17.1 Å². The van der Waals surface area contributed by atoms with Gasteiger partial charge in [0.25, 0.3) is 0 Å². The van der Waals surface area contributed by atoms with Gasteiger partial charge in [0.05, 0.1) is 7.11 Å². The van der Waals surface area contributed by atoms with Crippen molar-refractivity contribution in [1.29, 1.82) is 0 Å². The molecule has 1 aromatic carbocycles. The van der Waals surface area contributed by atoms with Crippen molar-refractivity contribution in [3.63, 3.8) is 0 Å². The van der Waals surface area contributed by atoms with Gasteiger partial charge in [0, 0.05) is 16.8 Å². The normalized spacial score (nSPS) is 14.4. The van der Waals surface area contributed by atoms with E-state index >= 15 is 0 Å². The van der Waals surface area contributed by atoms with Crippen LogP contribution in [0.5, 0.6) is 5.75 Å². The van der Waals surface area contributed by atoms with Crippen molar-refractivity contribution in [3.8, 4) is 17.1 Å². The predicted octanol–water partition coefficient (Wildman–Crippen LogP) is 3.14. The molecule has 2 N–H and O–H groups in total. The van der Waals surface area contributed by atoms with E-state index in [-0.39, 0.29) is 5.75 Å². The topological polar surface area (TPSA) is 61.0 Å². The van der Waals surface area contributed by atoms with Gasteiger partial charge in [0.15, 0.2) is 17.4 Å². The summed E-state index contributed by atoms with van der Waals surface area (Å²) in [4.78, 5) is 9.03. The molecule has 1 heterocycles. The average Bonchev–Trinajstić information content (AvgIpc) is 2.73. The molecule has 2 aromatic rings. The minimum absolute atomic E-state index is 0.185. The summed E-state index contributed by atoms with van der Waals surface area (Å²) < 4.78 is 18.5. The minimum Gasteiger partial charge on any atom is -0.494 e. The number of methoxy groups -OCH3 is 1. The lowest BCUT2D eigenvalue weighted by Gasteiger charge is -2.11. The van der Waals surface area contributed by atoms with Crippen molar-refractivity contribution in [2.45, 2.75) is 32.1 Å². The number of aryl methyl sites for hydroxylation is 1. The number of nitrogens with two attached hydrogens (primary N) is 1. The number of halogens is 1. The quantitative estimate of drug-likeness (QED) is 0.862. The molecule has 0 atom stereocenters. The fourth-order valence-corrected chi connectivity index (χ4v) is 2.73. The highest BCUT2D eigenvalue weighted by Gasteiger charge is 2.16. The maximum atomic E-state index is 13.5. The van der Waals surface area contributed by atoms with E-state index in [1.807, 2.05) is 0 Å². The maximum Gasteiger partial charge on any atom is 0.165 e. The van der Waals surface area contributed by atoms with E-state index in [1.165, 1.54) is 19.6 Å². The van der Waals surface area contributed by atoms with E-state index in [9.17, 15) is 4.39 Å². The third kappa shape index (κ3) is 2.68. The average molecular weight is 287 g/mol. The Morgan fingerprint density at radius 3 is 2.76 bits per heavy atom. The van der Waals surface area contributed by atoms with Crippen LogP contribution in [0.3, 0.4) is 0 Å². The Hall–Kier alpha value is -2.17. The second-order valence-corrected chi connectivity index (χ2v) is 5.27. The highest BCUT2D eigenvalue weighted by Crippen LogP contribution is 2.28. The number of ether oxygens (including phenoxy) is 1. The van der Waals surface area contributed by atoms with Crippen molar-refractivity contribution in [1.82, 2.24) is 9.97 Å². The van der Waals surface area contributed by atoms with Crippen LogP contribution in [0.2, 0.25) is 0 Å². The van der Waals surface area contributed by atoms with Gasteiger partial charge in [-0.15, -0.1) is 0 Å². The standard InChI is InChI=1S/C16H18FN3O/c1-21-14-9-10(7-8-12(14)17)16-19-13-6-4-2-3-5-11(13)15(18)20-16/h7-9H,2-6H2,1H3,(H2,18,19,20). The first-order valence-electron chi connectivity index (χ1n) is 7.18. The van der Waals surface area contributed by atoms with Gasteiger partial charge in [-0.05, 0) is 43.9 Å². The first kappa shape index (κ1) is 13.8. The summed E-state index contributed by atoms with van der Waals surface area (Å²) in [7, 11) is 1.44. The molecule has 1 aliphatic carbocycles. The van der Waals surface area contributed by atoms with Gasteiger partial charge in [-0.25, -0.2) is 14.4 Å². The predicted molar refractivity (Wildman–Crippen MR) is 79.6 cm³/mol. The van der Waals surface area contributed by atoms with E-state index in [4.69, 9.17) is 10.5 Å². The Morgan fingerprint density at radius 2 is 1.95 bits per heavy atom. The third-order valence-electron chi connectivity index (χ3n) is 3.87. The van der Waals surface area contributed by atoms with E-state index in [2.05, 4.69) is 9.97 Å². The minimum atomic E-state index is -0.399. The summed E-state index contributed by atoms with van der Waals surface area (Å²) in [6.45, 7) is 0. The third-order valence-corrected chi connectivity index (χ3v) is 3.87. The van der Waals surface area contributed by atoms with Crippen LogP contribution in [0.25, 0.3) is 11.4 Å². The molecule has 3 rings (SSSR count). The summed E-state index contributed by atoms with van der Waals surface area (Å²) in [6.07, 6.45) is 5.30. The molecule has 5 heteroatoms. The van der Waals surface area contributed by atoms with Crippen LogP contribution >= 0.6 is 0 Å². The number of benzene rings is 1. The van der Waals surface area contributed by atoms with Gasteiger partial charge >= 0.3 is 0 Å². The van der Waals surface area contributed by atoms with E-state index in [1.54, 1.807) is 12.1 Å². The fraction of sp³-hybridized carbons (Fsp3) is 0.375. The molecule has 0 bridgehead atoms. The van der Waals surface area contributed by atoms with E-state index in [0.29, 0.717) is 17.2 Å². The first-order valence-corrected chi connectivity index (χ1v) is 7.18. The summed E-state index contributed by atoms with van der Waals surface area (Å²) in [5.74, 6) is 0.861. The van der Waals surface area contributed by atoms with Crippen LogP contribution in [-0.2, 0) is 12.8 Å². The molecule has 0 saturated heterocycles. The summed E-state index contributed by atoms with van der Waals surface area (Å²) in [5, 5.41) is 0. The molecule has 0 aliphatic heterocycles. The molecular formula is C16H18FN3O. The maximum absolute atomic E-state index is 13.5. The Labute approximate surface area is 123 Å². The number of nitrogens with zero attached hydrogens (tertiary/aromatic N) is 2. The lowest BCUT2D eigenvalue weighted by atomic mass is 10.1. The van der Waals surface area contributed by atoms with Crippen molar-refractivity contribution in [3.05, 3.63) is 35.3 Å². The number of hydrogen-bond donors (Lipinski definition) is 1. The highest BCUT2D eigenvalue weighted by molar-refractivity contribution is 5.61. The highest BCUT2D eigenvalue weighted by atomic mass is 19.1. The molecule has 1 aliphatic rings. The number of rotatable bonds is 2. The fourth-order valence-electron chi connectivity index (χ4n) is 2.73. The van der Waals surface area contributed by atoms with Gasteiger partial charge in [0.1, 0.15) is 5.82 Å². The van der Waals surface area contributed by atoms with Gasteiger partial charge in [-0.2, -0.15) is 0 Å². The largest absolute Gasteiger partial charge is 0.494 e. The van der Waals surface area contributed by atoms with Crippen molar-refractivity contribution >= 4 is 5.82 Å². The van der Waals surface area contributed by atoms with Gasteiger partial charge < -0.3 is 10.5 Å². The number of anilines is 1. The molecule has 0 radical (unpaired) electrons. The van der Waals surface area contributed by atoms with Crippen LogP contribution in [0.15, 0.2) is 18.2 Å². The molecule has 0 spiro atoms. The van der Waals surface area contributed by atoms with Crippen molar-refractivity contribution < 1.29 is 9.13 Å². The molecule has 0 amide bonds. The smallest absolute Gasteiger partial charge is 0.165 e. The number of aromatic nitrogens is 2. The van der Waals surface area contributed by atoms with Gasteiger partial charge in [-0.1, -0.05) is 6.42 Å². The summed E-state index contributed by atoms with van der Waals surface area (Å²) in [5.41, 5.74) is 8.91. The Bertz CT molecular complexity index is 673. The molecule has 0 saturated carbocycles. The SMILES string of the molecule is COc1cc(-c2nc(N)c3c(n2)CCCCC3)ccc1F. The summed E-state index contributed by atoms with van der Waals surface area (Å²) in [6, 6.07) is 4.61. The lowest BCUT2D eigenvalue weighted by molar-refractivity contribution is 0.387. The van der Waals surface area contributed by atoms with E-state index < -0.39 is 5.82 Å². The lowest BCUT2D eigenvalue weighted by Crippen LogP contribution is -2.06. The second-order valence-electron chi connectivity index (χ2n) is 5.27. The molecule has 4 nitrogen and oxygen atoms in total. The van der Waals surface area contributed by atoms with Crippen molar-refractivity contribution in [2.24, 2.45) is 0 Å². The first-order chi connectivity index (χ1) is 10.2. The zero-order valence-corrected chi connectivity index (χ0v) is 12.0. The Kier molecular flexibility index (Phi) is 3.73. The second kappa shape index (κ2) is 5.68.